The van der Waals surface area contributed by atoms with E-state index < -0.39 is 0 Å². The van der Waals surface area contributed by atoms with Crippen LogP contribution in [0.15, 0.2) is 12.1 Å². The molecule has 1 heterocycles. The maximum atomic E-state index is 11.7. The van der Waals surface area contributed by atoms with Gasteiger partial charge in [-0.15, -0.1) is 0 Å². The van der Waals surface area contributed by atoms with Gasteiger partial charge in [0, 0.05) is 11.5 Å². The van der Waals surface area contributed by atoms with Crippen LogP contribution in [0, 0.1) is 11.8 Å². The van der Waals surface area contributed by atoms with Gasteiger partial charge in [0.1, 0.15) is 17.1 Å². The van der Waals surface area contributed by atoms with E-state index in [1.54, 1.807) is 6.07 Å². The molecule has 1 aromatic rings. The van der Waals surface area contributed by atoms with Crippen molar-refractivity contribution in [3.05, 3.63) is 23.3 Å². The van der Waals surface area contributed by atoms with Crippen molar-refractivity contribution in [3.8, 4) is 11.5 Å². The van der Waals surface area contributed by atoms with Crippen molar-refractivity contribution in [3.63, 3.8) is 0 Å². The van der Waals surface area contributed by atoms with E-state index in [4.69, 9.17) is 4.74 Å². The van der Waals surface area contributed by atoms with Gasteiger partial charge in [-0.3, -0.25) is 4.79 Å². The molecule has 0 radical (unpaired) electrons. The molecule has 3 heteroatoms. The van der Waals surface area contributed by atoms with Crippen LogP contribution in [0.4, 0.5) is 0 Å². The van der Waals surface area contributed by atoms with Crippen LogP contribution >= 0.6 is 0 Å². The number of aromatic hydroxyl groups is 1. The minimum Gasteiger partial charge on any atom is -0.507 e. The minimum atomic E-state index is -0.220. The first kappa shape index (κ1) is 14.4. The third-order valence-electron chi connectivity index (χ3n) is 5.31. The summed E-state index contributed by atoms with van der Waals surface area (Å²) in [5, 5.41) is 10.6. The Bertz CT molecular complexity index is 588. The number of fused-ring (bicyclic) bond motifs is 3. The lowest BCUT2D eigenvalue weighted by Crippen LogP contribution is -2.46. The highest BCUT2D eigenvalue weighted by Crippen LogP contribution is 2.55. The molecule has 114 valence electrons. The number of ketones is 1. The fourth-order valence-corrected chi connectivity index (χ4v) is 4.21. The Morgan fingerprint density at radius 3 is 2.71 bits per heavy atom. The molecule has 2 aliphatic rings. The number of phenols is 1. The summed E-state index contributed by atoms with van der Waals surface area (Å²) in [6.07, 6.45) is 3.37. The number of rotatable bonds is 1. The van der Waals surface area contributed by atoms with Gasteiger partial charge < -0.3 is 9.84 Å². The zero-order valence-corrected chi connectivity index (χ0v) is 13.3. The predicted octanol–water partition coefficient (Wildman–Crippen LogP) is 4.29. The number of Topliss-reactive ketones (excluding diaryl/α,β-unsaturated/α-hetero) is 1. The quantitative estimate of drug-likeness (QED) is 0.784. The molecule has 1 aromatic carbocycles. The Morgan fingerprint density at radius 1 is 1.33 bits per heavy atom. The largest absolute Gasteiger partial charge is 0.507 e. The molecule has 0 amide bonds. The first-order valence-corrected chi connectivity index (χ1v) is 7.87. The molecule has 1 aliphatic carbocycles. The third-order valence-corrected chi connectivity index (χ3v) is 5.31. The van der Waals surface area contributed by atoms with Crippen molar-refractivity contribution >= 4 is 5.78 Å². The second kappa shape index (κ2) is 4.75. The Hall–Kier alpha value is -1.51. The van der Waals surface area contributed by atoms with Crippen molar-refractivity contribution in [1.29, 1.82) is 0 Å². The number of ether oxygens (including phenoxy) is 1. The fraction of sp³-hybridized carbons (Fsp3) is 0.611. The topological polar surface area (TPSA) is 46.5 Å². The van der Waals surface area contributed by atoms with Crippen molar-refractivity contribution in [2.24, 2.45) is 11.8 Å². The Kier molecular flexibility index (Phi) is 3.27. The molecule has 0 spiro atoms. The lowest BCUT2D eigenvalue weighted by Gasteiger charge is -2.48. The van der Waals surface area contributed by atoms with E-state index in [0.717, 1.165) is 24.2 Å². The van der Waals surface area contributed by atoms with E-state index in [1.165, 1.54) is 13.3 Å². The molecule has 0 bridgehead atoms. The first-order valence-electron chi connectivity index (χ1n) is 7.87. The molecule has 1 N–H and O–H groups in total. The zero-order chi connectivity index (χ0) is 15.4. The number of phenolic OH excluding ortho intramolecular Hbond substituents is 1. The van der Waals surface area contributed by atoms with E-state index in [2.05, 4.69) is 20.8 Å². The Labute approximate surface area is 126 Å². The van der Waals surface area contributed by atoms with E-state index >= 15 is 0 Å². The van der Waals surface area contributed by atoms with Gasteiger partial charge in [0.2, 0.25) is 0 Å². The lowest BCUT2D eigenvalue weighted by atomic mass is 9.64. The van der Waals surface area contributed by atoms with E-state index in [0.29, 0.717) is 17.4 Å². The number of carbonyl (C=O) groups is 1. The molecule has 1 fully saturated rings. The van der Waals surface area contributed by atoms with Crippen LogP contribution in [0.2, 0.25) is 0 Å². The standard InChI is InChI=1S/C18H24O3/c1-10-5-7-14-13(9-10)16-15(21-18(14,3)4)8-6-12(11(2)19)17(16)20/h6,8,10,13-14,20H,5,7,9H2,1-4H3/t10-,13?,14-/m1/s1. The lowest BCUT2D eigenvalue weighted by molar-refractivity contribution is -0.0145. The minimum absolute atomic E-state index is 0.0967. The summed E-state index contributed by atoms with van der Waals surface area (Å²) in [7, 11) is 0. The first-order chi connectivity index (χ1) is 9.81. The number of hydrogen-bond donors (Lipinski definition) is 1. The average Bonchev–Trinajstić information content (AvgIpc) is 2.37. The van der Waals surface area contributed by atoms with E-state index in [-0.39, 0.29) is 23.1 Å². The van der Waals surface area contributed by atoms with E-state index in [1.807, 2.05) is 6.07 Å². The zero-order valence-electron chi connectivity index (χ0n) is 13.3. The third kappa shape index (κ3) is 2.23. The fourth-order valence-electron chi connectivity index (χ4n) is 4.21. The molecule has 1 aliphatic heterocycles. The van der Waals surface area contributed by atoms with Gasteiger partial charge in [-0.2, -0.15) is 0 Å². The van der Waals surface area contributed by atoms with Gasteiger partial charge in [0.15, 0.2) is 5.78 Å². The molecule has 0 saturated heterocycles. The highest BCUT2D eigenvalue weighted by atomic mass is 16.5. The van der Waals surface area contributed by atoms with Crippen molar-refractivity contribution in [2.45, 2.75) is 58.5 Å². The van der Waals surface area contributed by atoms with Crippen LogP contribution in [0.25, 0.3) is 0 Å². The van der Waals surface area contributed by atoms with Gasteiger partial charge in [-0.05, 0) is 57.6 Å². The molecule has 3 nitrogen and oxygen atoms in total. The second-order valence-electron chi connectivity index (χ2n) is 7.27. The smallest absolute Gasteiger partial charge is 0.163 e. The summed E-state index contributed by atoms with van der Waals surface area (Å²) in [5.74, 6) is 2.12. The van der Waals surface area contributed by atoms with Crippen LogP contribution in [0.1, 0.15) is 68.8 Å². The maximum absolute atomic E-state index is 11.7. The van der Waals surface area contributed by atoms with Gasteiger partial charge >= 0.3 is 0 Å². The molecule has 3 atom stereocenters. The number of benzene rings is 1. The van der Waals surface area contributed by atoms with Crippen molar-refractivity contribution < 1.29 is 14.6 Å². The molecular weight excluding hydrogens is 264 g/mol. The van der Waals surface area contributed by atoms with Crippen molar-refractivity contribution in [1.82, 2.24) is 0 Å². The molecule has 0 aromatic heterocycles. The average molecular weight is 288 g/mol. The highest BCUT2D eigenvalue weighted by Gasteiger charge is 2.47. The predicted molar refractivity (Wildman–Crippen MR) is 82.1 cm³/mol. The summed E-state index contributed by atoms with van der Waals surface area (Å²) < 4.78 is 6.17. The van der Waals surface area contributed by atoms with Crippen LogP contribution in [-0.2, 0) is 0 Å². The van der Waals surface area contributed by atoms with Crippen LogP contribution in [0.5, 0.6) is 11.5 Å². The summed E-state index contributed by atoms with van der Waals surface area (Å²) in [4.78, 5) is 11.7. The summed E-state index contributed by atoms with van der Waals surface area (Å²) >= 11 is 0. The molecule has 21 heavy (non-hydrogen) atoms. The van der Waals surface area contributed by atoms with Crippen LogP contribution in [0.3, 0.4) is 0 Å². The molecule has 1 saturated carbocycles. The van der Waals surface area contributed by atoms with E-state index in [9.17, 15) is 9.90 Å². The molecular formula is C18H24O3. The number of hydrogen-bond acceptors (Lipinski definition) is 3. The Balaban J connectivity index is 2.16. The van der Waals surface area contributed by atoms with Gasteiger partial charge in [-0.25, -0.2) is 0 Å². The summed E-state index contributed by atoms with van der Waals surface area (Å²) in [6, 6.07) is 3.53. The van der Waals surface area contributed by atoms with Gasteiger partial charge in [0.25, 0.3) is 0 Å². The normalized spacial score (nSPS) is 30.0. The number of carbonyl (C=O) groups excluding carboxylic acids is 1. The monoisotopic (exact) mass is 288 g/mol. The molecule has 3 rings (SSSR count). The summed E-state index contributed by atoms with van der Waals surface area (Å²) in [5.41, 5.74) is 1.05. The Morgan fingerprint density at radius 2 is 2.05 bits per heavy atom. The van der Waals surface area contributed by atoms with Crippen LogP contribution < -0.4 is 4.74 Å². The second-order valence-corrected chi connectivity index (χ2v) is 7.27. The summed E-state index contributed by atoms with van der Waals surface area (Å²) in [6.45, 7) is 8.04. The maximum Gasteiger partial charge on any atom is 0.163 e. The highest BCUT2D eigenvalue weighted by molar-refractivity contribution is 5.97. The molecule has 1 unspecified atom stereocenters. The van der Waals surface area contributed by atoms with Crippen molar-refractivity contribution in [2.75, 3.05) is 0 Å². The van der Waals surface area contributed by atoms with Gasteiger partial charge in [-0.1, -0.05) is 13.3 Å². The van der Waals surface area contributed by atoms with Crippen LogP contribution in [-0.4, -0.2) is 16.5 Å². The SMILES string of the molecule is CC(=O)c1ccc2c(c1O)C1C[C@H](C)CC[C@H]1C(C)(C)O2. The van der Waals surface area contributed by atoms with Gasteiger partial charge in [0.05, 0.1) is 5.56 Å².